The first kappa shape index (κ1) is 14.6. The molecule has 0 unspecified atom stereocenters. The van der Waals surface area contributed by atoms with Crippen molar-refractivity contribution in [3.63, 3.8) is 0 Å². The first-order valence-electron chi connectivity index (χ1n) is 7.10. The third kappa shape index (κ3) is 3.68. The minimum absolute atomic E-state index is 0.0941. The van der Waals surface area contributed by atoms with Gasteiger partial charge in [-0.15, -0.1) is 10.2 Å². The molecule has 0 aliphatic carbocycles. The number of rotatable bonds is 4. The van der Waals surface area contributed by atoms with Crippen molar-refractivity contribution in [2.75, 3.05) is 5.32 Å². The highest BCUT2D eigenvalue weighted by Gasteiger charge is 2.05. The van der Waals surface area contributed by atoms with Crippen LogP contribution in [0, 0.1) is 0 Å². The molecule has 0 fully saturated rings. The molecule has 0 aliphatic rings. The van der Waals surface area contributed by atoms with Gasteiger partial charge in [0.2, 0.25) is 5.91 Å². The molecular weight excluding hydrogens is 290 g/mol. The molecule has 0 aliphatic heterocycles. The lowest BCUT2D eigenvalue weighted by Crippen LogP contribution is -2.05. The van der Waals surface area contributed by atoms with E-state index < -0.39 is 0 Å². The zero-order valence-corrected chi connectivity index (χ0v) is 12.5. The van der Waals surface area contributed by atoms with Gasteiger partial charge in [-0.1, -0.05) is 42.5 Å². The Morgan fingerprint density at radius 2 is 1.87 bits per heavy atom. The Balaban J connectivity index is 1.79. The molecule has 1 heterocycles. The standard InChI is InChI=1S/C17H15N5O/c1-13(23)20-16-9-7-14(8-10-16)11-19-22-12-18-21-17(22)15-5-3-2-4-6-15/h2-12H,1H3,(H,20,23)/b19-11-. The summed E-state index contributed by atoms with van der Waals surface area (Å²) < 4.78 is 1.62. The zero-order valence-electron chi connectivity index (χ0n) is 12.5. The monoisotopic (exact) mass is 305 g/mol. The van der Waals surface area contributed by atoms with E-state index in [1.54, 1.807) is 17.2 Å². The van der Waals surface area contributed by atoms with Crippen LogP contribution < -0.4 is 5.32 Å². The molecule has 1 N–H and O–H groups in total. The van der Waals surface area contributed by atoms with Crippen molar-refractivity contribution in [3.05, 3.63) is 66.5 Å². The fourth-order valence-corrected chi connectivity index (χ4v) is 2.08. The van der Waals surface area contributed by atoms with Gasteiger partial charge < -0.3 is 5.32 Å². The van der Waals surface area contributed by atoms with Gasteiger partial charge in [0.15, 0.2) is 5.82 Å². The summed E-state index contributed by atoms with van der Waals surface area (Å²) in [5.41, 5.74) is 2.61. The van der Waals surface area contributed by atoms with E-state index in [2.05, 4.69) is 20.6 Å². The molecule has 1 amide bonds. The first-order chi connectivity index (χ1) is 11.2. The zero-order chi connectivity index (χ0) is 16.1. The van der Waals surface area contributed by atoms with Crippen molar-refractivity contribution < 1.29 is 4.79 Å². The Bertz CT molecular complexity index is 822. The van der Waals surface area contributed by atoms with E-state index in [1.807, 2.05) is 54.6 Å². The van der Waals surface area contributed by atoms with Crippen molar-refractivity contribution in [1.29, 1.82) is 0 Å². The van der Waals surface area contributed by atoms with E-state index in [-0.39, 0.29) is 5.91 Å². The third-order valence-electron chi connectivity index (χ3n) is 3.12. The number of carbonyl (C=O) groups excluding carboxylic acids is 1. The Morgan fingerprint density at radius 1 is 1.13 bits per heavy atom. The van der Waals surface area contributed by atoms with Crippen molar-refractivity contribution in [2.45, 2.75) is 6.92 Å². The number of benzene rings is 2. The van der Waals surface area contributed by atoms with Crippen LogP contribution in [0.5, 0.6) is 0 Å². The molecular formula is C17H15N5O. The molecule has 0 saturated carbocycles. The molecule has 114 valence electrons. The van der Waals surface area contributed by atoms with E-state index in [4.69, 9.17) is 0 Å². The summed E-state index contributed by atoms with van der Waals surface area (Å²) in [7, 11) is 0. The fraction of sp³-hybridized carbons (Fsp3) is 0.0588. The number of amides is 1. The summed E-state index contributed by atoms with van der Waals surface area (Å²) >= 11 is 0. The van der Waals surface area contributed by atoms with E-state index in [1.165, 1.54) is 6.92 Å². The number of hydrogen-bond donors (Lipinski definition) is 1. The van der Waals surface area contributed by atoms with Crippen LogP contribution in [0.2, 0.25) is 0 Å². The quantitative estimate of drug-likeness (QED) is 0.753. The Morgan fingerprint density at radius 3 is 2.57 bits per heavy atom. The van der Waals surface area contributed by atoms with Crippen molar-refractivity contribution in [2.24, 2.45) is 5.10 Å². The molecule has 0 radical (unpaired) electrons. The Kier molecular flexibility index (Phi) is 4.24. The van der Waals surface area contributed by atoms with E-state index >= 15 is 0 Å². The first-order valence-corrected chi connectivity index (χ1v) is 7.10. The van der Waals surface area contributed by atoms with Crippen molar-refractivity contribution >= 4 is 17.8 Å². The molecule has 0 bridgehead atoms. The molecule has 0 saturated heterocycles. The number of hydrogen-bond acceptors (Lipinski definition) is 4. The topological polar surface area (TPSA) is 72.2 Å². The molecule has 6 heteroatoms. The third-order valence-corrected chi connectivity index (χ3v) is 3.12. The Hall–Kier alpha value is -3.28. The van der Waals surface area contributed by atoms with Crippen molar-refractivity contribution in [3.8, 4) is 11.4 Å². The van der Waals surface area contributed by atoms with Crippen LogP contribution in [0.1, 0.15) is 12.5 Å². The van der Waals surface area contributed by atoms with Gasteiger partial charge in [0.1, 0.15) is 6.33 Å². The van der Waals surface area contributed by atoms with Gasteiger partial charge in [-0.05, 0) is 17.7 Å². The molecule has 3 rings (SSSR count). The summed E-state index contributed by atoms with van der Waals surface area (Å²) in [6, 6.07) is 17.2. The predicted octanol–water partition coefficient (Wildman–Crippen LogP) is 2.79. The average molecular weight is 305 g/mol. The molecule has 6 nitrogen and oxygen atoms in total. The van der Waals surface area contributed by atoms with Gasteiger partial charge in [0.25, 0.3) is 0 Å². The second-order valence-electron chi connectivity index (χ2n) is 4.91. The number of aromatic nitrogens is 3. The second kappa shape index (κ2) is 6.65. The normalized spacial score (nSPS) is 10.8. The highest BCUT2D eigenvalue weighted by molar-refractivity contribution is 5.89. The largest absolute Gasteiger partial charge is 0.326 e. The molecule has 0 spiro atoms. The number of carbonyl (C=O) groups is 1. The number of anilines is 1. The van der Waals surface area contributed by atoms with E-state index in [0.29, 0.717) is 5.82 Å². The maximum atomic E-state index is 11.0. The van der Waals surface area contributed by atoms with Crippen LogP contribution in [0.4, 0.5) is 5.69 Å². The van der Waals surface area contributed by atoms with Gasteiger partial charge in [-0.3, -0.25) is 4.79 Å². The minimum atomic E-state index is -0.0941. The fourth-order valence-electron chi connectivity index (χ4n) is 2.08. The highest BCUT2D eigenvalue weighted by atomic mass is 16.1. The summed E-state index contributed by atoms with van der Waals surface area (Å²) in [5, 5.41) is 15.1. The number of nitrogens with one attached hydrogen (secondary N) is 1. The summed E-state index contributed by atoms with van der Waals surface area (Å²) in [5.74, 6) is 0.583. The van der Waals surface area contributed by atoms with Gasteiger partial charge >= 0.3 is 0 Å². The van der Waals surface area contributed by atoms with E-state index in [0.717, 1.165) is 16.8 Å². The van der Waals surface area contributed by atoms with Crippen LogP contribution >= 0.6 is 0 Å². The lowest BCUT2D eigenvalue weighted by Gasteiger charge is -2.02. The predicted molar refractivity (Wildman–Crippen MR) is 89.2 cm³/mol. The maximum absolute atomic E-state index is 11.0. The summed E-state index contributed by atoms with van der Waals surface area (Å²) in [6.45, 7) is 1.48. The van der Waals surface area contributed by atoms with Crippen LogP contribution in [0.15, 0.2) is 66.0 Å². The summed E-state index contributed by atoms with van der Waals surface area (Å²) in [4.78, 5) is 11.0. The SMILES string of the molecule is CC(=O)Nc1ccc(/C=N\n2cnnc2-c2ccccc2)cc1. The van der Waals surface area contributed by atoms with Gasteiger partial charge in [-0.2, -0.15) is 9.78 Å². The minimum Gasteiger partial charge on any atom is -0.326 e. The number of nitrogens with zero attached hydrogens (tertiary/aromatic N) is 4. The van der Waals surface area contributed by atoms with Crippen LogP contribution in [0.3, 0.4) is 0 Å². The molecule has 2 aromatic carbocycles. The highest BCUT2D eigenvalue weighted by Crippen LogP contribution is 2.15. The van der Waals surface area contributed by atoms with Crippen molar-refractivity contribution in [1.82, 2.24) is 14.9 Å². The molecule has 1 aromatic heterocycles. The van der Waals surface area contributed by atoms with Crippen LogP contribution in [-0.4, -0.2) is 27.0 Å². The van der Waals surface area contributed by atoms with Gasteiger partial charge in [-0.25, -0.2) is 0 Å². The van der Waals surface area contributed by atoms with Crippen LogP contribution in [-0.2, 0) is 4.79 Å². The maximum Gasteiger partial charge on any atom is 0.221 e. The summed E-state index contributed by atoms with van der Waals surface area (Å²) in [6.07, 6.45) is 3.28. The molecule has 23 heavy (non-hydrogen) atoms. The smallest absolute Gasteiger partial charge is 0.221 e. The second-order valence-corrected chi connectivity index (χ2v) is 4.91. The van der Waals surface area contributed by atoms with Gasteiger partial charge in [0, 0.05) is 18.2 Å². The van der Waals surface area contributed by atoms with E-state index in [9.17, 15) is 4.79 Å². The lowest BCUT2D eigenvalue weighted by atomic mass is 10.2. The lowest BCUT2D eigenvalue weighted by molar-refractivity contribution is -0.114. The average Bonchev–Trinajstić information content (AvgIpc) is 3.03. The van der Waals surface area contributed by atoms with Crippen LogP contribution in [0.25, 0.3) is 11.4 Å². The molecule has 0 atom stereocenters. The Labute approximate surface area is 133 Å². The molecule has 3 aromatic rings. The van der Waals surface area contributed by atoms with Gasteiger partial charge in [0.05, 0.1) is 6.21 Å².